The van der Waals surface area contributed by atoms with Crippen LogP contribution in [0.4, 0.5) is 5.69 Å². The molecule has 0 radical (unpaired) electrons. The molecule has 3 aromatic rings. The van der Waals surface area contributed by atoms with Gasteiger partial charge in [-0.05, 0) is 29.7 Å². The maximum atomic E-state index is 12.5. The van der Waals surface area contributed by atoms with Crippen LogP contribution >= 0.6 is 0 Å². The van der Waals surface area contributed by atoms with E-state index in [-0.39, 0.29) is 17.9 Å². The molecule has 148 valence electrons. The molecule has 0 spiro atoms. The van der Waals surface area contributed by atoms with Crippen molar-refractivity contribution in [2.24, 2.45) is 0 Å². The normalized spacial score (nSPS) is 10.5. The molecule has 1 aromatic heterocycles. The van der Waals surface area contributed by atoms with E-state index in [2.05, 4.69) is 0 Å². The number of nitro benzene ring substituents is 1. The Morgan fingerprint density at radius 1 is 1.07 bits per heavy atom. The Hall–Kier alpha value is -3.78. The van der Waals surface area contributed by atoms with Crippen molar-refractivity contribution in [3.8, 4) is 11.1 Å². The predicted octanol–water partition coefficient (Wildman–Crippen LogP) is 3.73. The summed E-state index contributed by atoms with van der Waals surface area (Å²) >= 11 is 0. The lowest BCUT2D eigenvalue weighted by molar-refractivity contribution is -0.384. The molecule has 0 aliphatic carbocycles. The van der Waals surface area contributed by atoms with E-state index >= 15 is 0 Å². The number of aromatic nitrogens is 1. The van der Waals surface area contributed by atoms with Crippen molar-refractivity contribution in [3.63, 3.8) is 0 Å². The number of carbonyl (C=O) groups is 1. The van der Waals surface area contributed by atoms with E-state index in [4.69, 9.17) is 9.78 Å². The van der Waals surface area contributed by atoms with Gasteiger partial charge < -0.3 is 4.57 Å². The predicted molar refractivity (Wildman–Crippen MR) is 105 cm³/mol. The summed E-state index contributed by atoms with van der Waals surface area (Å²) < 4.78 is 1.34. The van der Waals surface area contributed by atoms with Crippen LogP contribution in [0.3, 0.4) is 0 Å². The van der Waals surface area contributed by atoms with Gasteiger partial charge in [0.1, 0.15) is 12.2 Å². The fraction of sp³-hybridized carbons (Fsp3) is 0.143. The van der Waals surface area contributed by atoms with Crippen LogP contribution in [0.2, 0.25) is 0 Å². The van der Waals surface area contributed by atoms with E-state index in [9.17, 15) is 19.7 Å². The molecule has 0 fully saturated rings. The molecule has 0 aliphatic heterocycles. The molecule has 0 saturated heterocycles. The van der Waals surface area contributed by atoms with Crippen LogP contribution in [0, 0.1) is 10.1 Å². The second-order valence-corrected chi connectivity index (χ2v) is 6.16. The molecule has 2 aromatic carbocycles. The van der Waals surface area contributed by atoms with Crippen LogP contribution in [-0.4, -0.2) is 15.5 Å². The van der Waals surface area contributed by atoms with Crippen molar-refractivity contribution < 1.29 is 19.5 Å². The maximum Gasteiger partial charge on any atom is 0.378 e. The van der Waals surface area contributed by atoms with E-state index in [0.29, 0.717) is 17.7 Å². The summed E-state index contributed by atoms with van der Waals surface area (Å²) in [4.78, 5) is 45.2. The molecule has 8 heteroatoms. The van der Waals surface area contributed by atoms with Gasteiger partial charge in [0.2, 0.25) is 0 Å². The Morgan fingerprint density at radius 2 is 1.83 bits per heavy atom. The van der Waals surface area contributed by atoms with Crippen molar-refractivity contribution in [1.29, 1.82) is 0 Å². The molecule has 0 saturated carbocycles. The lowest BCUT2D eigenvalue weighted by Gasteiger charge is -2.10. The average Bonchev–Trinajstić information content (AvgIpc) is 2.74. The first-order chi connectivity index (χ1) is 14.0. The highest BCUT2D eigenvalue weighted by molar-refractivity contribution is 5.90. The molecule has 0 unspecified atom stereocenters. The number of nitro groups is 1. The second-order valence-electron chi connectivity index (χ2n) is 6.16. The Morgan fingerprint density at radius 3 is 2.52 bits per heavy atom. The van der Waals surface area contributed by atoms with Gasteiger partial charge in [-0.25, -0.2) is 4.79 Å². The number of rotatable bonds is 7. The zero-order valence-electron chi connectivity index (χ0n) is 15.6. The van der Waals surface area contributed by atoms with Crippen LogP contribution in [0.1, 0.15) is 22.8 Å². The fourth-order valence-corrected chi connectivity index (χ4v) is 2.74. The number of non-ortho nitro benzene ring substituents is 1. The van der Waals surface area contributed by atoms with Crippen LogP contribution in [-0.2, 0) is 22.9 Å². The number of hydrogen-bond donors (Lipinski definition) is 0. The first-order valence-corrected chi connectivity index (χ1v) is 8.86. The number of nitrogens with zero attached hydrogens (tertiary/aromatic N) is 2. The minimum absolute atomic E-state index is 0.0408. The van der Waals surface area contributed by atoms with E-state index in [0.717, 1.165) is 5.56 Å². The largest absolute Gasteiger partial charge is 0.378 e. The van der Waals surface area contributed by atoms with Crippen LogP contribution in [0.25, 0.3) is 11.1 Å². The van der Waals surface area contributed by atoms with Crippen LogP contribution < -0.4 is 5.56 Å². The quantitative estimate of drug-likeness (QED) is 0.344. The lowest BCUT2D eigenvalue weighted by atomic mass is 10.0. The van der Waals surface area contributed by atoms with Crippen molar-refractivity contribution in [1.82, 2.24) is 4.57 Å². The zero-order valence-corrected chi connectivity index (χ0v) is 15.6. The van der Waals surface area contributed by atoms with E-state index in [1.54, 1.807) is 31.3 Å². The van der Waals surface area contributed by atoms with E-state index in [1.807, 2.05) is 18.2 Å². The molecule has 8 nitrogen and oxygen atoms in total. The van der Waals surface area contributed by atoms with Gasteiger partial charge in [0.25, 0.3) is 11.2 Å². The Labute approximate surface area is 166 Å². The topological polar surface area (TPSA) is 101 Å². The third-order valence-electron chi connectivity index (χ3n) is 4.24. The SMILES string of the molecule is CCn1cc(-c2cccc([N+](=O)[O-])c2)cc(C(=O)OOCc2ccccc2)c1=O. The first-order valence-electron chi connectivity index (χ1n) is 8.86. The maximum absolute atomic E-state index is 12.5. The van der Waals surface area contributed by atoms with Crippen LogP contribution in [0.15, 0.2) is 71.7 Å². The number of hydrogen-bond acceptors (Lipinski definition) is 6. The van der Waals surface area contributed by atoms with Gasteiger partial charge in [0, 0.05) is 24.9 Å². The molecule has 3 rings (SSSR count). The average molecular weight is 394 g/mol. The molecular formula is C21H18N2O6. The number of aryl methyl sites for hydroxylation is 1. The van der Waals surface area contributed by atoms with E-state index in [1.165, 1.54) is 28.8 Å². The van der Waals surface area contributed by atoms with Crippen molar-refractivity contribution in [2.45, 2.75) is 20.1 Å². The Balaban J connectivity index is 1.87. The molecule has 29 heavy (non-hydrogen) atoms. The van der Waals surface area contributed by atoms with Gasteiger partial charge in [-0.1, -0.05) is 42.5 Å². The van der Waals surface area contributed by atoms with Crippen molar-refractivity contribution in [3.05, 3.63) is 98.5 Å². The third kappa shape index (κ3) is 4.74. The standard InChI is InChI=1S/C21H18N2O6/c1-2-22-13-17(16-9-6-10-18(11-16)23(26)27)12-19(20(22)24)21(25)29-28-14-15-7-4-3-5-8-15/h3-13H,2,14H2,1H3. The summed E-state index contributed by atoms with van der Waals surface area (Å²) in [7, 11) is 0. The first kappa shape index (κ1) is 20.0. The summed E-state index contributed by atoms with van der Waals surface area (Å²) in [6, 6.07) is 16.4. The summed E-state index contributed by atoms with van der Waals surface area (Å²) in [5.74, 6) is -0.930. The molecule has 0 aliphatic rings. The summed E-state index contributed by atoms with van der Waals surface area (Å²) in [5.41, 5.74) is 0.938. The molecule has 0 bridgehead atoms. The van der Waals surface area contributed by atoms with E-state index < -0.39 is 16.5 Å². The molecule has 0 atom stereocenters. The third-order valence-corrected chi connectivity index (χ3v) is 4.24. The Kier molecular flexibility index (Phi) is 6.16. The summed E-state index contributed by atoms with van der Waals surface area (Å²) in [6.45, 7) is 2.10. The van der Waals surface area contributed by atoms with Crippen molar-refractivity contribution >= 4 is 11.7 Å². The van der Waals surface area contributed by atoms with Gasteiger partial charge >= 0.3 is 5.97 Å². The number of pyridine rings is 1. The van der Waals surface area contributed by atoms with Crippen molar-refractivity contribution in [2.75, 3.05) is 0 Å². The van der Waals surface area contributed by atoms with Gasteiger partial charge in [-0.3, -0.25) is 19.8 Å². The highest BCUT2D eigenvalue weighted by Gasteiger charge is 2.18. The highest BCUT2D eigenvalue weighted by atomic mass is 17.2. The smallest absolute Gasteiger partial charge is 0.314 e. The molecule has 0 amide bonds. The molecule has 0 N–H and O–H groups in total. The molecular weight excluding hydrogens is 376 g/mol. The number of benzene rings is 2. The summed E-state index contributed by atoms with van der Waals surface area (Å²) in [6.07, 6.45) is 1.54. The van der Waals surface area contributed by atoms with Gasteiger partial charge in [0.05, 0.1) is 4.92 Å². The highest BCUT2D eigenvalue weighted by Crippen LogP contribution is 2.24. The van der Waals surface area contributed by atoms with Gasteiger partial charge in [-0.15, -0.1) is 0 Å². The van der Waals surface area contributed by atoms with Gasteiger partial charge in [-0.2, -0.15) is 4.89 Å². The number of carbonyl (C=O) groups excluding carboxylic acids is 1. The minimum Gasteiger partial charge on any atom is -0.314 e. The second kappa shape index (κ2) is 8.94. The monoisotopic (exact) mass is 394 g/mol. The van der Waals surface area contributed by atoms with Crippen LogP contribution in [0.5, 0.6) is 0 Å². The lowest BCUT2D eigenvalue weighted by Crippen LogP contribution is -2.26. The summed E-state index contributed by atoms with van der Waals surface area (Å²) in [5, 5.41) is 11.0. The minimum atomic E-state index is -0.930. The van der Waals surface area contributed by atoms with Gasteiger partial charge in [0.15, 0.2) is 0 Å². The zero-order chi connectivity index (χ0) is 20.8. The fourth-order valence-electron chi connectivity index (χ4n) is 2.74. The Bertz CT molecular complexity index is 1090. The molecule has 1 heterocycles.